The number of nitrogen functional groups attached to an aromatic ring is 1. The van der Waals surface area contributed by atoms with Crippen LogP contribution in [0.4, 0.5) is 10.1 Å². The number of nitrogens with two attached hydrogens (primary N) is 1. The summed E-state index contributed by atoms with van der Waals surface area (Å²) >= 11 is 1.08. The van der Waals surface area contributed by atoms with Gasteiger partial charge in [-0.05, 0) is 24.3 Å². The van der Waals surface area contributed by atoms with Crippen LogP contribution in [0.25, 0.3) is 33.3 Å². The third-order valence-corrected chi connectivity index (χ3v) is 6.03. The van der Waals surface area contributed by atoms with Crippen molar-refractivity contribution in [1.29, 1.82) is 0 Å². The number of thioether (sulfide) groups is 1. The number of carbonyl (C=O) groups is 1. The van der Waals surface area contributed by atoms with Crippen molar-refractivity contribution in [2.45, 2.75) is 5.16 Å². The van der Waals surface area contributed by atoms with Gasteiger partial charge in [0.25, 0.3) is 0 Å². The van der Waals surface area contributed by atoms with E-state index in [1.54, 1.807) is 24.3 Å². The number of ether oxygens (including phenoxy) is 1. The minimum atomic E-state index is -0.459. The molecular formula is C23H18FN5O3S. The molecule has 0 unspecified atom stereocenters. The predicted molar refractivity (Wildman–Crippen MR) is 125 cm³/mol. The van der Waals surface area contributed by atoms with Crippen LogP contribution in [0.5, 0.6) is 5.75 Å². The summed E-state index contributed by atoms with van der Waals surface area (Å²) in [6.45, 7) is 0. The molecular weight excluding hydrogens is 445 g/mol. The zero-order valence-electron chi connectivity index (χ0n) is 17.4. The maximum atomic E-state index is 14.0. The Kier molecular flexibility index (Phi) is 5.35. The van der Waals surface area contributed by atoms with E-state index < -0.39 is 5.82 Å². The second kappa shape index (κ2) is 8.47. The van der Waals surface area contributed by atoms with Crippen LogP contribution < -0.4 is 15.9 Å². The van der Waals surface area contributed by atoms with Crippen molar-refractivity contribution in [3.05, 3.63) is 66.5 Å². The van der Waals surface area contributed by atoms with Gasteiger partial charge in [-0.15, -0.1) is 10.2 Å². The number of nitrogens with zero attached hydrogens (tertiary/aromatic N) is 3. The Labute approximate surface area is 191 Å². The van der Waals surface area contributed by atoms with Gasteiger partial charge in [0.15, 0.2) is 5.82 Å². The number of hydrogen-bond donors (Lipinski definition) is 2. The zero-order chi connectivity index (χ0) is 22.9. The number of aromatic nitrogens is 3. The standard InChI is InChI=1S/C23H18FN5O3S/c1-31-20-10-15-13-6-3-5-9-18(13)32-19(15)11-17(20)26-21(30)12-33-23-28-27-22(29(23)25)14-7-2-4-8-16(14)24/h2-11H,12,25H2,1H3,(H,26,30). The Balaban J connectivity index is 1.33. The second-order valence-electron chi connectivity index (χ2n) is 7.14. The number of furan rings is 1. The molecule has 2 aromatic heterocycles. The number of methoxy groups -OCH3 is 1. The van der Waals surface area contributed by atoms with Crippen LogP contribution >= 0.6 is 11.8 Å². The van der Waals surface area contributed by atoms with Gasteiger partial charge >= 0.3 is 0 Å². The third kappa shape index (κ3) is 3.85. The summed E-state index contributed by atoms with van der Waals surface area (Å²) in [5, 5.41) is 12.9. The van der Waals surface area contributed by atoms with Gasteiger partial charge in [-0.2, -0.15) is 0 Å². The minimum absolute atomic E-state index is 0.00786. The van der Waals surface area contributed by atoms with Crippen molar-refractivity contribution < 1.29 is 18.3 Å². The fraction of sp³-hybridized carbons (Fsp3) is 0.0870. The lowest BCUT2D eigenvalue weighted by atomic mass is 10.1. The molecule has 2 heterocycles. The topological polar surface area (TPSA) is 108 Å². The summed E-state index contributed by atoms with van der Waals surface area (Å²) in [5.74, 6) is 5.96. The molecule has 3 N–H and O–H groups in total. The number of halogens is 1. The number of anilines is 1. The average Bonchev–Trinajstić information content (AvgIpc) is 3.37. The lowest BCUT2D eigenvalue weighted by Crippen LogP contribution is -2.17. The van der Waals surface area contributed by atoms with E-state index in [2.05, 4.69) is 15.5 Å². The van der Waals surface area contributed by atoms with E-state index in [4.69, 9.17) is 15.0 Å². The van der Waals surface area contributed by atoms with Crippen LogP contribution in [0.15, 0.2) is 70.2 Å². The van der Waals surface area contributed by atoms with Crippen LogP contribution in [0.2, 0.25) is 0 Å². The summed E-state index contributed by atoms with van der Waals surface area (Å²) in [5.41, 5.74) is 2.10. The molecule has 0 saturated heterocycles. The van der Waals surface area contributed by atoms with Crippen molar-refractivity contribution in [3.63, 3.8) is 0 Å². The Morgan fingerprint density at radius 3 is 2.73 bits per heavy atom. The number of fused-ring (bicyclic) bond motifs is 3. The number of nitrogens with one attached hydrogen (secondary N) is 1. The molecule has 0 spiro atoms. The van der Waals surface area contributed by atoms with Gasteiger partial charge in [0.05, 0.1) is 24.1 Å². The molecule has 0 aliphatic heterocycles. The molecule has 0 fully saturated rings. The molecule has 10 heteroatoms. The fourth-order valence-electron chi connectivity index (χ4n) is 3.54. The summed E-state index contributed by atoms with van der Waals surface area (Å²) < 4.78 is 26.6. The lowest BCUT2D eigenvalue weighted by molar-refractivity contribution is -0.113. The molecule has 0 radical (unpaired) electrons. The summed E-state index contributed by atoms with van der Waals surface area (Å²) in [6, 6.07) is 17.4. The Hall–Kier alpha value is -4.05. The maximum absolute atomic E-state index is 14.0. The van der Waals surface area contributed by atoms with E-state index in [9.17, 15) is 9.18 Å². The lowest BCUT2D eigenvalue weighted by Gasteiger charge is -2.10. The van der Waals surface area contributed by atoms with E-state index in [-0.39, 0.29) is 28.2 Å². The van der Waals surface area contributed by atoms with Crippen molar-refractivity contribution in [2.75, 3.05) is 24.0 Å². The Morgan fingerprint density at radius 1 is 1.12 bits per heavy atom. The SMILES string of the molecule is COc1cc2c(cc1NC(=O)CSc1nnc(-c3ccccc3F)n1N)oc1ccccc12. The number of hydrogen-bond acceptors (Lipinski definition) is 7. The molecule has 166 valence electrons. The number of carbonyl (C=O) groups excluding carboxylic acids is 1. The fourth-order valence-corrected chi connectivity index (χ4v) is 4.19. The molecule has 0 aliphatic rings. The van der Waals surface area contributed by atoms with Gasteiger partial charge in [0, 0.05) is 16.8 Å². The van der Waals surface area contributed by atoms with Crippen LogP contribution in [0.3, 0.4) is 0 Å². The van der Waals surface area contributed by atoms with E-state index in [0.717, 1.165) is 32.8 Å². The monoisotopic (exact) mass is 463 g/mol. The van der Waals surface area contributed by atoms with Gasteiger partial charge in [0.2, 0.25) is 11.1 Å². The average molecular weight is 463 g/mol. The van der Waals surface area contributed by atoms with E-state index >= 15 is 0 Å². The Morgan fingerprint density at radius 2 is 1.91 bits per heavy atom. The molecule has 0 atom stereocenters. The molecule has 3 aromatic carbocycles. The predicted octanol–water partition coefficient (Wildman–Crippen LogP) is 4.44. The van der Waals surface area contributed by atoms with Crippen LogP contribution in [-0.4, -0.2) is 33.6 Å². The van der Waals surface area contributed by atoms with Gasteiger partial charge in [-0.1, -0.05) is 42.1 Å². The number of amides is 1. The van der Waals surface area contributed by atoms with Gasteiger partial charge in [-0.25, -0.2) is 9.07 Å². The first-order valence-corrected chi connectivity index (χ1v) is 10.9. The molecule has 1 amide bonds. The summed E-state index contributed by atoms with van der Waals surface area (Å²) in [7, 11) is 1.54. The normalized spacial score (nSPS) is 11.2. The molecule has 33 heavy (non-hydrogen) atoms. The van der Waals surface area contributed by atoms with E-state index in [0.29, 0.717) is 17.0 Å². The first-order valence-electron chi connectivity index (χ1n) is 9.92. The summed E-state index contributed by atoms with van der Waals surface area (Å²) in [6.07, 6.45) is 0. The third-order valence-electron chi connectivity index (χ3n) is 5.08. The van der Waals surface area contributed by atoms with E-state index in [1.807, 2.05) is 30.3 Å². The Bertz CT molecular complexity index is 1500. The first-order chi connectivity index (χ1) is 16.0. The molecule has 0 saturated carbocycles. The first kappa shape index (κ1) is 20.8. The molecule has 0 bridgehead atoms. The second-order valence-corrected chi connectivity index (χ2v) is 8.08. The number of rotatable bonds is 6. The van der Waals surface area contributed by atoms with Gasteiger partial charge < -0.3 is 20.3 Å². The van der Waals surface area contributed by atoms with Gasteiger partial charge in [-0.3, -0.25) is 4.79 Å². The van der Waals surface area contributed by atoms with Crippen molar-refractivity contribution >= 4 is 45.3 Å². The van der Waals surface area contributed by atoms with Crippen molar-refractivity contribution in [2.24, 2.45) is 0 Å². The quantitative estimate of drug-likeness (QED) is 0.283. The summed E-state index contributed by atoms with van der Waals surface area (Å²) in [4.78, 5) is 12.6. The van der Waals surface area contributed by atoms with Crippen molar-refractivity contribution in [1.82, 2.24) is 14.9 Å². The number of para-hydroxylation sites is 1. The molecule has 0 aliphatic carbocycles. The van der Waals surface area contributed by atoms with E-state index in [1.165, 1.54) is 13.2 Å². The largest absolute Gasteiger partial charge is 0.495 e. The zero-order valence-corrected chi connectivity index (χ0v) is 18.2. The highest BCUT2D eigenvalue weighted by Gasteiger charge is 2.18. The molecule has 8 nitrogen and oxygen atoms in total. The minimum Gasteiger partial charge on any atom is -0.495 e. The van der Waals surface area contributed by atoms with Crippen LogP contribution in [0, 0.1) is 5.82 Å². The number of benzene rings is 3. The highest BCUT2D eigenvalue weighted by Crippen LogP contribution is 2.36. The van der Waals surface area contributed by atoms with Crippen molar-refractivity contribution in [3.8, 4) is 17.1 Å². The molecule has 5 rings (SSSR count). The highest BCUT2D eigenvalue weighted by atomic mass is 32.2. The van der Waals surface area contributed by atoms with Crippen LogP contribution in [-0.2, 0) is 4.79 Å². The molecule has 5 aromatic rings. The van der Waals surface area contributed by atoms with Gasteiger partial charge in [0.1, 0.15) is 22.7 Å². The highest BCUT2D eigenvalue weighted by molar-refractivity contribution is 7.99. The smallest absolute Gasteiger partial charge is 0.234 e. The maximum Gasteiger partial charge on any atom is 0.234 e. The van der Waals surface area contributed by atoms with Crippen LogP contribution in [0.1, 0.15) is 0 Å².